The molecular weight excluding hydrogens is 376 g/mol. The van der Waals surface area contributed by atoms with Crippen molar-refractivity contribution in [1.29, 1.82) is 0 Å². The molecule has 0 aliphatic carbocycles. The summed E-state index contributed by atoms with van der Waals surface area (Å²) in [7, 11) is 0. The Morgan fingerprint density at radius 3 is 2.57 bits per heavy atom. The van der Waals surface area contributed by atoms with Gasteiger partial charge in [-0.05, 0) is 25.0 Å². The van der Waals surface area contributed by atoms with E-state index in [2.05, 4.69) is 61.6 Å². The van der Waals surface area contributed by atoms with Gasteiger partial charge in [-0.25, -0.2) is 4.79 Å². The number of fused-ring (bicyclic) bond motifs is 1. The molecule has 0 radical (unpaired) electrons. The lowest BCUT2D eigenvalue weighted by molar-refractivity contribution is -0.959. The number of morpholine rings is 1. The first-order valence-electron chi connectivity index (χ1n) is 11.0. The molecule has 1 aromatic heterocycles. The Morgan fingerprint density at radius 2 is 1.83 bits per heavy atom. The molecule has 0 unspecified atom stereocenters. The molecule has 0 amide bonds. The average Bonchev–Trinajstić information content (AvgIpc) is 2.78. The SMILES string of the molecule is CCc1ccc2c(C[NH2+][C@H](C)[C@H](c3ccccc3)[NH+]3CCOCC3)cc(=O)oc2c1. The molecular formula is C25H32N2O3+2. The van der Waals surface area contributed by atoms with E-state index < -0.39 is 0 Å². The number of ether oxygens (including phenoxy) is 1. The van der Waals surface area contributed by atoms with Gasteiger partial charge in [-0.3, -0.25) is 0 Å². The highest BCUT2D eigenvalue weighted by Gasteiger charge is 2.33. The third kappa shape index (κ3) is 4.64. The summed E-state index contributed by atoms with van der Waals surface area (Å²) in [6, 6.07) is 19.4. The lowest BCUT2D eigenvalue weighted by Gasteiger charge is -2.34. The molecule has 1 aliphatic heterocycles. The quantitative estimate of drug-likeness (QED) is 0.582. The van der Waals surface area contributed by atoms with Gasteiger partial charge in [0.2, 0.25) is 0 Å². The van der Waals surface area contributed by atoms with Crippen LogP contribution in [0, 0.1) is 0 Å². The van der Waals surface area contributed by atoms with Crippen LogP contribution in [0.5, 0.6) is 0 Å². The lowest BCUT2D eigenvalue weighted by Crippen LogP contribution is -3.17. The molecule has 5 heteroatoms. The van der Waals surface area contributed by atoms with Crippen LogP contribution in [-0.4, -0.2) is 32.3 Å². The fraction of sp³-hybridized carbons (Fsp3) is 0.400. The minimum absolute atomic E-state index is 0.273. The van der Waals surface area contributed by atoms with Crippen LogP contribution in [0.2, 0.25) is 0 Å². The highest BCUT2D eigenvalue weighted by Crippen LogP contribution is 2.19. The molecule has 3 aromatic rings. The molecule has 2 aromatic carbocycles. The fourth-order valence-corrected chi connectivity index (χ4v) is 4.63. The first-order chi connectivity index (χ1) is 14.7. The van der Waals surface area contributed by atoms with E-state index in [-0.39, 0.29) is 5.63 Å². The Labute approximate surface area is 177 Å². The first-order valence-corrected chi connectivity index (χ1v) is 11.0. The van der Waals surface area contributed by atoms with Crippen molar-refractivity contribution in [2.75, 3.05) is 26.3 Å². The van der Waals surface area contributed by atoms with Crippen molar-refractivity contribution in [3.63, 3.8) is 0 Å². The summed E-state index contributed by atoms with van der Waals surface area (Å²) < 4.78 is 11.1. The largest absolute Gasteiger partial charge is 0.423 e. The smallest absolute Gasteiger partial charge is 0.336 e. The van der Waals surface area contributed by atoms with Crippen molar-refractivity contribution in [2.45, 2.75) is 38.9 Å². The van der Waals surface area contributed by atoms with Crippen molar-refractivity contribution in [2.24, 2.45) is 0 Å². The van der Waals surface area contributed by atoms with Gasteiger partial charge in [0.05, 0.1) is 13.2 Å². The van der Waals surface area contributed by atoms with Gasteiger partial charge in [-0.2, -0.15) is 0 Å². The van der Waals surface area contributed by atoms with Crippen molar-refractivity contribution >= 4 is 11.0 Å². The maximum Gasteiger partial charge on any atom is 0.336 e. The van der Waals surface area contributed by atoms with Crippen LogP contribution < -0.4 is 15.8 Å². The second-order valence-corrected chi connectivity index (χ2v) is 8.23. The number of rotatable bonds is 7. The van der Waals surface area contributed by atoms with Gasteiger partial charge in [0.1, 0.15) is 31.3 Å². The number of aryl methyl sites for hydroxylation is 1. The molecule has 1 aliphatic rings. The highest BCUT2D eigenvalue weighted by molar-refractivity contribution is 5.80. The molecule has 4 rings (SSSR count). The molecule has 5 nitrogen and oxygen atoms in total. The van der Waals surface area contributed by atoms with Crippen LogP contribution in [0.25, 0.3) is 11.0 Å². The molecule has 30 heavy (non-hydrogen) atoms. The monoisotopic (exact) mass is 408 g/mol. The van der Waals surface area contributed by atoms with E-state index in [1.54, 1.807) is 11.0 Å². The average molecular weight is 409 g/mol. The van der Waals surface area contributed by atoms with E-state index >= 15 is 0 Å². The maximum atomic E-state index is 12.2. The summed E-state index contributed by atoms with van der Waals surface area (Å²) >= 11 is 0. The van der Waals surface area contributed by atoms with Gasteiger partial charge in [0.25, 0.3) is 0 Å². The summed E-state index contributed by atoms with van der Waals surface area (Å²) in [5.74, 6) is 0. The molecule has 1 fully saturated rings. The third-order valence-electron chi connectivity index (χ3n) is 6.27. The highest BCUT2D eigenvalue weighted by atomic mass is 16.5. The topological polar surface area (TPSA) is 60.5 Å². The molecule has 158 valence electrons. The Morgan fingerprint density at radius 1 is 1.07 bits per heavy atom. The van der Waals surface area contributed by atoms with Gasteiger partial charge in [0, 0.05) is 22.6 Å². The summed E-state index contributed by atoms with van der Waals surface area (Å²) in [5.41, 5.74) is 4.00. The predicted octanol–water partition coefficient (Wildman–Crippen LogP) is 1.46. The second-order valence-electron chi connectivity index (χ2n) is 8.23. The summed E-state index contributed by atoms with van der Waals surface area (Å²) in [6.45, 7) is 8.83. The van der Waals surface area contributed by atoms with E-state index in [1.165, 1.54) is 11.1 Å². The molecule has 0 bridgehead atoms. The van der Waals surface area contributed by atoms with Crippen molar-refractivity contribution in [3.8, 4) is 0 Å². The Hall–Kier alpha value is -2.47. The second kappa shape index (κ2) is 9.56. The normalized spacial score (nSPS) is 17.1. The van der Waals surface area contributed by atoms with E-state index in [0.29, 0.717) is 17.7 Å². The summed E-state index contributed by atoms with van der Waals surface area (Å²) in [5, 5.41) is 3.40. The van der Waals surface area contributed by atoms with Gasteiger partial charge in [0.15, 0.2) is 6.04 Å². The van der Waals surface area contributed by atoms with Gasteiger partial charge >= 0.3 is 5.63 Å². The van der Waals surface area contributed by atoms with E-state index in [9.17, 15) is 4.79 Å². The summed E-state index contributed by atoms with van der Waals surface area (Å²) in [6.07, 6.45) is 0.925. The number of hydrogen-bond donors (Lipinski definition) is 2. The van der Waals surface area contributed by atoms with Crippen molar-refractivity contribution < 1.29 is 19.4 Å². The molecule has 0 spiro atoms. The Balaban J connectivity index is 1.57. The van der Waals surface area contributed by atoms with Crippen LogP contribution in [0.4, 0.5) is 0 Å². The van der Waals surface area contributed by atoms with E-state index in [0.717, 1.165) is 50.2 Å². The molecule has 2 heterocycles. The number of hydrogen-bond acceptors (Lipinski definition) is 3. The van der Waals surface area contributed by atoms with E-state index in [4.69, 9.17) is 9.15 Å². The van der Waals surface area contributed by atoms with Crippen molar-refractivity contribution in [1.82, 2.24) is 0 Å². The molecule has 2 atom stereocenters. The zero-order chi connectivity index (χ0) is 20.9. The third-order valence-corrected chi connectivity index (χ3v) is 6.27. The molecule has 3 N–H and O–H groups in total. The first kappa shape index (κ1) is 20.8. The Kier molecular flexibility index (Phi) is 6.62. The van der Waals surface area contributed by atoms with Crippen LogP contribution in [0.15, 0.2) is 63.8 Å². The number of quaternary nitrogens is 2. The minimum atomic E-state index is -0.273. The van der Waals surface area contributed by atoms with Gasteiger partial charge in [-0.15, -0.1) is 0 Å². The number of benzene rings is 2. The van der Waals surface area contributed by atoms with E-state index in [1.807, 2.05) is 6.07 Å². The Bertz CT molecular complexity index is 1030. The fourth-order valence-electron chi connectivity index (χ4n) is 4.63. The van der Waals surface area contributed by atoms with Crippen LogP contribution in [0.3, 0.4) is 0 Å². The zero-order valence-electron chi connectivity index (χ0n) is 17.9. The standard InChI is InChI=1S/C25H30N2O3/c1-3-19-9-10-22-21(16-24(28)30-23(22)15-19)17-26-18(2)25(20-7-5-4-6-8-20)27-11-13-29-14-12-27/h4-10,15-16,18,25-26H,3,11-14,17H2,1-2H3/p+2/t18-,25-/m1/s1. The molecule has 0 saturated carbocycles. The predicted molar refractivity (Wildman–Crippen MR) is 118 cm³/mol. The lowest BCUT2D eigenvalue weighted by atomic mass is 9.97. The molecule has 1 saturated heterocycles. The zero-order valence-corrected chi connectivity index (χ0v) is 17.9. The number of nitrogens with two attached hydrogens (primary N) is 1. The van der Waals surface area contributed by atoms with Crippen LogP contribution >= 0.6 is 0 Å². The minimum Gasteiger partial charge on any atom is -0.423 e. The maximum absolute atomic E-state index is 12.2. The summed E-state index contributed by atoms with van der Waals surface area (Å²) in [4.78, 5) is 13.7. The van der Waals surface area contributed by atoms with Crippen molar-refractivity contribution in [3.05, 3.63) is 81.7 Å². The van der Waals surface area contributed by atoms with Gasteiger partial charge in [-0.1, -0.05) is 49.4 Å². The number of nitrogens with one attached hydrogen (secondary N) is 1. The van der Waals surface area contributed by atoms with Crippen LogP contribution in [-0.2, 0) is 17.7 Å². The van der Waals surface area contributed by atoms with Crippen LogP contribution in [0.1, 0.15) is 36.6 Å². The van der Waals surface area contributed by atoms with Gasteiger partial charge < -0.3 is 19.4 Å².